The third kappa shape index (κ3) is 7.98. The van der Waals surface area contributed by atoms with Gasteiger partial charge in [-0.05, 0) is 49.5 Å². The molecular weight excluding hydrogens is 696 g/mol. The van der Waals surface area contributed by atoms with Crippen LogP contribution in [0.5, 0.6) is 0 Å². The highest BCUT2D eigenvalue weighted by atomic mass is 32.2. The number of benzene rings is 1. The molecule has 0 radical (unpaired) electrons. The Hall–Kier alpha value is -3.86. The number of thioether (sulfide) groups is 1. The smallest absolute Gasteiger partial charge is 0.323 e. The SMILES string of the molecule is CC(C)(C)c1cnc(CSc2cnc(NC(=O)N3CCN(C4CCN(Cc5cc(F)c6c(c5)CN(C5CCC(=O)NC5=O)C6=O)CC4)CC3)s2)o1. The number of rotatable bonds is 8. The number of thiazole rings is 1. The minimum absolute atomic E-state index is 0.0269. The number of imide groups is 1. The highest BCUT2D eigenvalue weighted by Crippen LogP contribution is 2.33. The summed E-state index contributed by atoms with van der Waals surface area (Å²) in [7, 11) is 0. The van der Waals surface area contributed by atoms with Gasteiger partial charge in [0.25, 0.3) is 5.91 Å². The molecule has 0 spiro atoms. The lowest BCUT2D eigenvalue weighted by atomic mass is 9.94. The number of nitrogens with zero attached hydrogens (tertiary/aromatic N) is 6. The predicted molar refractivity (Wildman–Crippen MR) is 190 cm³/mol. The molecule has 1 unspecified atom stereocenters. The lowest BCUT2D eigenvalue weighted by Crippen LogP contribution is -2.54. The van der Waals surface area contributed by atoms with Crippen LogP contribution in [0.1, 0.15) is 79.6 Å². The van der Waals surface area contributed by atoms with Crippen molar-refractivity contribution >= 4 is 52.0 Å². The van der Waals surface area contributed by atoms with Gasteiger partial charge >= 0.3 is 6.03 Å². The highest BCUT2D eigenvalue weighted by molar-refractivity contribution is 8.00. The van der Waals surface area contributed by atoms with Gasteiger partial charge in [-0.15, -0.1) is 11.8 Å². The van der Waals surface area contributed by atoms with E-state index in [-0.39, 0.29) is 42.3 Å². The monoisotopic (exact) mass is 738 g/mol. The number of piperazine rings is 1. The Morgan fingerprint density at radius 1 is 1.06 bits per heavy atom. The summed E-state index contributed by atoms with van der Waals surface area (Å²) in [6, 6.07) is 2.83. The van der Waals surface area contributed by atoms with Gasteiger partial charge < -0.3 is 14.2 Å². The molecule has 13 nitrogen and oxygen atoms in total. The van der Waals surface area contributed by atoms with Crippen molar-refractivity contribution in [3.05, 3.63) is 58.7 Å². The maximum Gasteiger partial charge on any atom is 0.323 e. The lowest BCUT2D eigenvalue weighted by molar-refractivity contribution is -0.136. The summed E-state index contributed by atoms with van der Waals surface area (Å²) in [4.78, 5) is 66.8. The Morgan fingerprint density at radius 2 is 1.82 bits per heavy atom. The molecule has 16 heteroatoms. The van der Waals surface area contributed by atoms with E-state index in [9.17, 15) is 19.2 Å². The second-order valence-electron chi connectivity index (χ2n) is 14.6. The van der Waals surface area contributed by atoms with Crippen LogP contribution in [0.25, 0.3) is 0 Å². The van der Waals surface area contributed by atoms with E-state index in [0.29, 0.717) is 48.0 Å². The van der Waals surface area contributed by atoms with Crippen molar-refractivity contribution in [2.75, 3.05) is 44.6 Å². The lowest BCUT2D eigenvalue weighted by Gasteiger charge is -2.42. The van der Waals surface area contributed by atoms with Gasteiger partial charge in [-0.2, -0.15) is 0 Å². The fourth-order valence-corrected chi connectivity index (χ4v) is 8.93. The zero-order valence-electron chi connectivity index (χ0n) is 29.1. The topological polar surface area (TPSA) is 144 Å². The number of nitrogens with one attached hydrogen (secondary N) is 2. The summed E-state index contributed by atoms with van der Waals surface area (Å²) in [6.45, 7) is 11.6. The number of likely N-dealkylation sites (tertiary alicyclic amines) is 1. The number of anilines is 1. The number of hydrogen-bond acceptors (Lipinski definition) is 11. The quantitative estimate of drug-likeness (QED) is 0.252. The Bertz CT molecular complexity index is 1810. The van der Waals surface area contributed by atoms with Crippen molar-refractivity contribution in [1.29, 1.82) is 0 Å². The zero-order valence-corrected chi connectivity index (χ0v) is 30.7. The third-order valence-electron chi connectivity index (χ3n) is 10.0. The molecule has 2 N–H and O–H groups in total. The van der Waals surface area contributed by atoms with Crippen LogP contribution in [-0.2, 0) is 33.8 Å². The second kappa shape index (κ2) is 14.6. The van der Waals surface area contributed by atoms with Gasteiger partial charge in [0, 0.05) is 57.1 Å². The number of halogens is 1. The van der Waals surface area contributed by atoms with E-state index in [1.54, 1.807) is 24.2 Å². The van der Waals surface area contributed by atoms with E-state index < -0.39 is 23.7 Å². The van der Waals surface area contributed by atoms with Crippen LogP contribution in [0, 0.1) is 5.82 Å². The average molecular weight is 739 g/mol. The number of fused-ring (bicyclic) bond motifs is 1. The van der Waals surface area contributed by atoms with Crippen LogP contribution in [0.4, 0.5) is 14.3 Å². The van der Waals surface area contributed by atoms with E-state index in [2.05, 4.69) is 51.2 Å². The number of carbonyl (C=O) groups is 4. The number of hydrogen-bond donors (Lipinski definition) is 2. The predicted octanol–water partition coefficient (Wildman–Crippen LogP) is 4.44. The van der Waals surface area contributed by atoms with Crippen LogP contribution in [0.3, 0.4) is 0 Å². The molecule has 0 bridgehead atoms. The number of urea groups is 1. The van der Waals surface area contributed by atoms with E-state index in [1.807, 2.05) is 11.0 Å². The van der Waals surface area contributed by atoms with Crippen molar-refractivity contribution in [3.63, 3.8) is 0 Å². The molecule has 5 amide bonds. The summed E-state index contributed by atoms with van der Waals surface area (Å²) < 4.78 is 22.1. The van der Waals surface area contributed by atoms with Gasteiger partial charge in [0.2, 0.25) is 17.7 Å². The summed E-state index contributed by atoms with van der Waals surface area (Å²) in [5, 5.41) is 5.82. The number of carbonyl (C=O) groups excluding carboxylic acids is 4. The molecule has 1 atom stereocenters. The maximum absolute atomic E-state index is 15.2. The summed E-state index contributed by atoms with van der Waals surface area (Å²) in [5.41, 5.74) is 1.33. The van der Waals surface area contributed by atoms with Gasteiger partial charge in [-0.3, -0.25) is 34.8 Å². The van der Waals surface area contributed by atoms with Gasteiger partial charge in [0.05, 0.1) is 27.9 Å². The zero-order chi connectivity index (χ0) is 35.9. The molecule has 3 saturated heterocycles. The molecule has 51 heavy (non-hydrogen) atoms. The van der Waals surface area contributed by atoms with E-state index in [4.69, 9.17) is 4.42 Å². The summed E-state index contributed by atoms with van der Waals surface area (Å²) >= 11 is 3.02. The first-order valence-corrected chi connectivity index (χ1v) is 19.2. The number of amides is 5. The van der Waals surface area contributed by atoms with E-state index >= 15 is 4.39 Å². The Morgan fingerprint density at radius 3 is 2.53 bits per heavy atom. The molecule has 3 aromatic rings. The van der Waals surface area contributed by atoms with Crippen LogP contribution >= 0.6 is 23.1 Å². The maximum atomic E-state index is 15.2. The standard InChI is InChI=1S/C35H43FN8O5S2/c1-35(2,3)26-16-37-28(49-26)20-50-29-17-38-33(51-29)40-34(48)43-12-10-42(11-13-43)23-6-8-41(9-7-23)18-21-14-22-19-44(32(47)30(22)24(36)15-21)25-4-5-27(45)39-31(25)46/h14-17,23,25H,4-13,18-20H2,1-3H3,(H,38,40,48)(H,39,45,46). The van der Waals surface area contributed by atoms with Crippen molar-refractivity contribution in [2.45, 2.75) is 87.0 Å². The first-order valence-electron chi connectivity index (χ1n) is 17.4. The van der Waals surface area contributed by atoms with Gasteiger partial charge in [-0.1, -0.05) is 38.2 Å². The first-order chi connectivity index (χ1) is 24.4. The first kappa shape index (κ1) is 35.5. The normalized spacial score (nSPS) is 20.9. The van der Waals surface area contributed by atoms with Crippen LogP contribution in [-0.4, -0.2) is 105 Å². The number of oxazole rings is 1. The van der Waals surface area contributed by atoms with Crippen LogP contribution in [0.2, 0.25) is 0 Å². The second-order valence-corrected chi connectivity index (χ2v) is 16.9. The van der Waals surface area contributed by atoms with Gasteiger partial charge in [0.1, 0.15) is 17.6 Å². The van der Waals surface area contributed by atoms with Crippen molar-refractivity contribution in [1.82, 2.24) is 34.9 Å². The van der Waals surface area contributed by atoms with E-state index in [0.717, 1.165) is 54.6 Å². The molecule has 272 valence electrons. The minimum Gasteiger partial charge on any atom is -0.444 e. The molecule has 4 aliphatic rings. The van der Waals surface area contributed by atoms with Crippen molar-refractivity contribution in [2.24, 2.45) is 0 Å². The van der Waals surface area contributed by atoms with Crippen molar-refractivity contribution < 1.29 is 28.0 Å². The fourth-order valence-electron chi connectivity index (χ4n) is 7.21. The Kier molecular flexibility index (Phi) is 10.2. The third-order valence-corrected chi connectivity index (χ3v) is 12.1. The van der Waals surface area contributed by atoms with Crippen LogP contribution in [0.15, 0.2) is 33.2 Å². The van der Waals surface area contributed by atoms with Crippen LogP contribution < -0.4 is 10.6 Å². The molecule has 0 aliphatic carbocycles. The molecule has 7 rings (SSSR count). The van der Waals surface area contributed by atoms with Gasteiger partial charge in [-0.25, -0.2) is 19.2 Å². The minimum atomic E-state index is -0.768. The Labute approximate surface area is 304 Å². The largest absolute Gasteiger partial charge is 0.444 e. The number of aromatic nitrogens is 2. The summed E-state index contributed by atoms with van der Waals surface area (Å²) in [6.07, 6.45) is 5.91. The molecule has 4 aliphatic heterocycles. The Balaban J connectivity index is 0.840. The fraction of sp³-hybridized carbons (Fsp3) is 0.543. The van der Waals surface area contributed by atoms with E-state index in [1.165, 1.54) is 22.3 Å². The number of piperidine rings is 2. The molecule has 3 fully saturated rings. The molecule has 0 saturated carbocycles. The molecular formula is C35H43FN8O5S2. The van der Waals surface area contributed by atoms with Crippen molar-refractivity contribution in [3.8, 4) is 0 Å². The highest BCUT2D eigenvalue weighted by Gasteiger charge is 2.41. The average Bonchev–Trinajstić information content (AvgIpc) is 3.84. The van der Waals surface area contributed by atoms with Gasteiger partial charge in [0.15, 0.2) is 5.13 Å². The molecule has 1 aromatic carbocycles. The molecule has 2 aromatic heterocycles. The summed E-state index contributed by atoms with van der Waals surface area (Å²) in [5.74, 6) is 0.198. The molecule has 6 heterocycles.